The lowest BCUT2D eigenvalue weighted by Crippen LogP contribution is -2.36. The molecule has 2 unspecified atom stereocenters. The Labute approximate surface area is 219 Å². The summed E-state index contributed by atoms with van der Waals surface area (Å²) < 4.78 is 0. The molecule has 5 aliphatic rings. The van der Waals surface area contributed by atoms with Crippen molar-refractivity contribution >= 4 is 39.3 Å². The Balaban J connectivity index is 1.43. The maximum absolute atomic E-state index is 14.8. The zero-order chi connectivity index (χ0) is 25.6. The monoisotopic (exact) mass is 490 g/mol. The van der Waals surface area contributed by atoms with Crippen molar-refractivity contribution in [2.75, 3.05) is 0 Å². The van der Waals surface area contributed by atoms with E-state index in [9.17, 15) is 14.4 Å². The Bertz CT molecular complexity index is 1860. The van der Waals surface area contributed by atoms with Gasteiger partial charge in [0.15, 0.2) is 17.3 Å². The molecular weight excluding hydrogens is 468 g/mol. The molecule has 0 saturated carbocycles. The second-order valence-corrected chi connectivity index (χ2v) is 11.5. The van der Waals surface area contributed by atoms with Crippen molar-refractivity contribution in [1.29, 1.82) is 0 Å². The van der Waals surface area contributed by atoms with Crippen LogP contribution in [-0.2, 0) is 17.6 Å². The molecule has 0 saturated heterocycles. The first-order valence-electron chi connectivity index (χ1n) is 13.3. The average Bonchev–Trinajstić information content (AvgIpc) is 3.49. The van der Waals surface area contributed by atoms with Crippen LogP contribution in [0.4, 0.5) is 0 Å². The first kappa shape index (κ1) is 20.7. The average molecular weight is 491 g/mol. The number of hydrogen-bond acceptors (Lipinski definition) is 3. The highest BCUT2D eigenvalue weighted by Crippen LogP contribution is 2.59. The minimum atomic E-state index is -0.467. The van der Waals surface area contributed by atoms with Crippen molar-refractivity contribution < 1.29 is 14.4 Å². The fourth-order valence-electron chi connectivity index (χ4n) is 8.31. The molecule has 0 aromatic heterocycles. The first-order valence-corrected chi connectivity index (χ1v) is 13.3. The molecule has 38 heavy (non-hydrogen) atoms. The van der Waals surface area contributed by atoms with Gasteiger partial charge in [0, 0.05) is 22.3 Å². The summed E-state index contributed by atoms with van der Waals surface area (Å²) in [7, 11) is 0. The van der Waals surface area contributed by atoms with E-state index in [-0.39, 0.29) is 17.3 Å². The molecule has 0 fully saturated rings. The van der Waals surface area contributed by atoms with E-state index in [0.717, 1.165) is 77.6 Å². The number of Topliss-reactive ketones (excluding diaryl/α,β-unsaturated/α-hetero) is 3. The molecule has 9 rings (SSSR count). The molecule has 4 aromatic carbocycles. The van der Waals surface area contributed by atoms with E-state index < -0.39 is 11.8 Å². The summed E-state index contributed by atoms with van der Waals surface area (Å²) in [6, 6.07) is 20.1. The van der Waals surface area contributed by atoms with Gasteiger partial charge in [-0.05, 0) is 105 Å². The number of fused-ring (bicyclic) bond motifs is 6. The number of rotatable bonds is 0. The van der Waals surface area contributed by atoms with Crippen LogP contribution in [0.3, 0.4) is 0 Å². The minimum Gasteiger partial charge on any atom is -0.298 e. The van der Waals surface area contributed by atoms with Crippen molar-refractivity contribution in [2.24, 2.45) is 0 Å². The summed E-state index contributed by atoms with van der Waals surface area (Å²) >= 11 is 0. The molecule has 0 amide bonds. The molecule has 0 bridgehead atoms. The van der Waals surface area contributed by atoms with Crippen LogP contribution in [0.15, 0.2) is 71.8 Å². The molecule has 3 heteroatoms. The number of benzene rings is 4. The fourth-order valence-corrected chi connectivity index (χ4v) is 8.31. The van der Waals surface area contributed by atoms with Crippen LogP contribution >= 0.6 is 0 Å². The minimum absolute atomic E-state index is 0.0121. The van der Waals surface area contributed by atoms with Gasteiger partial charge < -0.3 is 0 Å². The molecule has 5 aliphatic carbocycles. The smallest absolute Gasteiger partial charge is 0.193 e. The Hall–Kier alpha value is -4.37. The third kappa shape index (κ3) is 2.14. The topological polar surface area (TPSA) is 51.2 Å². The van der Waals surface area contributed by atoms with E-state index in [0.29, 0.717) is 24.0 Å². The lowest BCUT2D eigenvalue weighted by atomic mass is 9.60. The Kier molecular flexibility index (Phi) is 3.56. The van der Waals surface area contributed by atoms with E-state index in [1.807, 2.05) is 48.5 Å². The number of aryl methyl sites for hydroxylation is 2. The fraction of sp³-hybridized carbons (Fsp3) is 0.171. The highest BCUT2D eigenvalue weighted by molar-refractivity contribution is 6.39. The maximum atomic E-state index is 14.8. The number of hydrogen-bond donors (Lipinski definition) is 0. The number of allylic oxidation sites excluding steroid dienone is 4. The Morgan fingerprint density at radius 1 is 0.579 bits per heavy atom. The summed E-state index contributed by atoms with van der Waals surface area (Å²) in [5.74, 6) is -0.789. The number of ketones is 3. The van der Waals surface area contributed by atoms with Gasteiger partial charge in [-0.2, -0.15) is 0 Å². The SMILES string of the molecule is Cc1cc2c3c4c5c(cc(C)c14)C(=O)C1=C(Cc4ccccc41)C5C(=O)C3C1=C(C2=O)c2ccccc2C1. The Morgan fingerprint density at radius 2 is 1.03 bits per heavy atom. The number of carbonyl (C=O) groups excluding carboxylic acids is 3. The number of carbonyl (C=O) groups is 3. The molecule has 180 valence electrons. The maximum Gasteiger partial charge on any atom is 0.193 e. The van der Waals surface area contributed by atoms with Gasteiger partial charge in [-0.15, -0.1) is 0 Å². The molecule has 0 spiro atoms. The van der Waals surface area contributed by atoms with Crippen LogP contribution in [0.1, 0.15) is 77.1 Å². The van der Waals surface area contributed by atoms with E-state index in [1.165, 1.54) is 0 Å². The van der Waals surface area contributed by atoms with Crippen molar-refractivity contribution in [3.63, 3.8) is 0 Å². The van der Waals surface area contributed by atoms with Crippen molar-refractivity contribution in [3.05, 3.63) is 127 Å². The highest BCUT2D eigenvalue weighted by Gasteiger charge is 2.52. The quantitative estimate of drug-likeness (QED) is 0.278. The largest absolute Gasteiger partial charge is 0.298 e. The normalized spacial score (nSPS) is 21.7. The van der Waals surface area contributed by atoms with Crippen molar-refractivity contribution in [2.45, 2.75) is 38.5 Å². The molecule has 0 heterocycles. The molecule has 0 aliphatic heterocycles. The molecule has 2 atom stereocenters. The van der Waals surface area contributed by atoms with Gasteiger partial charge in [-0.25, -0.2) is 0 Å². The van der Waals surface area contributed by atoms with Gasteiger partial charge in [-0.3, -0.25) is 14.4 Å². The lowest BCUT2D eigenvalue weighted by Gasteiger charge is -2.40. The van der Waals surface area contributed by atoms with Crippen LogP contribution < -0.4 is 0 Å². The third-order valence-corrected chi connectivity index (χ3v) is 9.64. The third-order valence-electron chi connectivity index (χ3n) is 9.64. The lowest BCUT2D eigenvalue weighted by molar-refractivity contribution is -0.120. The van der Waals surface area contributed by atoms with Crippen molar-refractivity contribution in [3.8, 4) is 0 Å². The van der Waals surface area contributed by atoms with Gasteiger partial charge in [-0.1, -0.05) is 48.5 Å². The van der Waals surface area contributed by atoms with Gasteiger partial charge >= 0.3 is 0 Å². The van der Waals surface area contributed by atoms with E-state index >= 15 is 0 Å². The second-order valence-electron chi connectivity index (χ2n) is 11.5. The zero-order valence-electron chi connectivity index (χ0n) is 21.1. The summed E-state index contributed by atoms with van der Waals surface area (Å²) in [5.41, 5.74) is 12.5. The van der Waals surface area contributed by atoms with Crippen molar-refractivity contribution in [1.82, 2.24) is 0 Å². The van der Waals surface area contributed by atoms with Gasteiger partial charge in [0.05, 0.1) is 11.8 Å². The summed E-state index contributed by atoms with van der Waals surface area (Å²) in [6.45, 7) is 4.10. The standard InChI is InChI=1S/C35H22O3/c1-15-11-23-28-30(21-13-17-7-3-5-9-19(17)26(21)33(23)36)35(38)31-22-14-18-8-4-6-10-20(18)27(22)34(37)24-12-16(2)25(15)32(28)29(24)31/h3-12,30-31H,13-14H2,1-2H3. The van der Waals surface area contributed by atoms with Gasteiger partial charge in [0.1, 0.15) is 0 Å². The molecule has 0 N–H and O–H groups in total. The summed E-state index contributed by atoms with van der Waals surface area (Å²) in [5, 5.41) is 2.07. The summed E-state index contributed by atoms with van der Waals surface area (Å²) in [4.78, 5) is 43.1. The van der Waals surface area contributed by atoms with Crippen LogP contribution in [-0.4, -0.2) is 17.3 Å². The predicted molar refractivity (Wildman–Crippen MR) is 147 cm³/mol. The highest BCUT2D eigenvalue weighted by atomic mass is 16.1. The second kappa shape index (κ2) is 6.54. The van der Waals surface area contributed by atoms with E-state index in [1.54, 1.807) is 0 Å². The predicted octanol–water partition coefficient (Wildman–Crippen LogP) is 6.62. The molecular formula is C35H22O3. The van der Waals surface area contributed by atoms with E-state index in [2.05, 4.69) is 26.0 Å². The first-order chi connectivity index (χ1) is 18.5. The summed E-state index contributed by atoms with van der Waals surface area (Å²) in [6.07, 6.45) is 1.24. The van der Waals surface area contributed by atoms with Crippen LogP contribution in [0.25, 0.3) is 21.9 Å². The van der Waals surface area contributed by atoms with Gasteiger partial charge in [0.25, 0.3) is 0 Å². The Morgan fingerprint density at radius 3 is 1.50 bits per heavy atom. The molecule has 3 nitrogen and oxygen atoms in total. The zero-order valence-corrected chi connectivity index (χ0v) is 21.1. The molecule has 0 radical (unpaired) electrons. The van der Waals surface area contributed by atoms with E-state index in [4.69, 9.17) is 0 Å². The molecule has 4 aromatic rings. The van der Waals surface area contributed by atoms with Crippen LogP contribution in [0.5, 0.6) is 0 Å². The van der Waals surface area contributed by atoms with Crippen LogP contribution in [0.2, 0.25) is 0 Å². The van der Waals surface area contributed by atoms with Crippen LogP contribution in [0, 0.1) is 13.8 Å². The van der Waals surface area contributed by atoms with Gasteiger partial charge in [0.2, 0.25) is 0 Å².